The number of nitrogen functional groups attached to an aromatic ring is 1. The minimum Gasteiger partial charge on any atom is -0.493 e. The first kappa shape index (κ1) is 26.5. The van der Waals surface area contributed by atoms with Crippen molar-refractivity contribution in [1.29, 1.82) is 0 Å². The number of benzene rings is 2. The Morgan fingerprint density at radius 2 is 1.90 bits per heavy atom. The van der Waals surface area contributed by atoms with Crippen LogP contribution in [0.3, 0.4) is 0 Å². The Balaban J connectivity index is 1.32. The van der Waals surface area contributed by atoms with Crippen LogP contribution >= 0.6 is 0 Å². The van der Waals surface area contributed by atoms with Crippen LogP contribution in [-0.4, -0.2) is 68.5 Å². The molecule has 1 amide bonds. The van der Waals surface area contributed by atoms with E-state index in [1.807, 2.05) is 6.07 Å². The van der Waals surface area contributed by atoms with Crippen LogP contribution in [0.15, 0.2) is 58.3 Å². The maximum atomic E-state index is 13.3. The van der Waals surface area contributed by atoms with Gasteiger partial charge in [0, 0.05) is 6.54 Å². The third-order valence-electron chi connectivity index (χ3n) is 6.25. The number of carbonyl (C=O) groups is 2. The summed E-state index contributed by atoms with van der Waals surface area (Å²) in [6.07, 6.45) is 4.75. The minimum absolute atomic E-state index is 0.0351. The van der Waals surface area contributed by atoms with Crippen LogP contribution in [0.5, 0.6) is 11.5 Å². The van der Waals surface area contributed by atoms with Crippen molar-refractivity contribution in [3.8, 4) is 17.3 Å². The summed E-state index contributed by atoms with van der Waals surface area (Å²) in [5, 5.41) is 19.7. The van der Waals surface area contributed by atoms with E-state index in [4.69, 9.17) is 15.2 Å². The lowest BCUT2D eigenvalue weighted by Gasteiger charge is -2.25. The summed E-state index contributed by atoms with van der Waals surface area (Å²) in [6, 6.07) is 13.5. The van der Waals surface area contributed by atoms with Gasteiger partial charge in [0.25, 0.3) is 5.91 Å². The lowest BCUT2D eigenvalue weighted by atomic mass is 10.1. The van der Waals surface area contributed by atoms with E-state index in [1.54, 1.807) is 42.5 Å². The minimum atomic E-state index is -0.573. The Morgan fingerprint density at radius 3 is 2.62 bits per heavy atom. The number of amides is 1. The van der Waals surface area contributed by atoms with Crippen molar-refractivity contribution >= 4 is 23.9 Å². The van der Waals surface area contributed by atoms with Crippen LogP contribution in [0.1, 0.15) is 51.4 Å². The maximum Gasteiger partial charge on any atom is 0.343 e. The van der Waals surface area contributed by atoms with Crippen molar-refractivity contribution < 1.29 is 23.7 Å². The summed E-state index contributed by atoms with van der Waals surface area (Å²) in [5.41, 5.74) is 9.91. The lowest BCUT2D eigenvalue weighted by molar-refractivity contribution is 0.0729. The highest BCUT2D eigenvalue weighted by atomic mass is 16.6. The number of esters is 1. The van der Waals surface area contributed by atoms with E-state index < -0.39 is 11.9 Å². The summed E-state index contributed by atoms with van der Waals surface area (Å²) in [6.45, 7) is 2.23. The molecule has 14 heteroatoms. The molecule has 3 N–H and O–H groups in total. The van der Waals surface area contributed by atoms with Gasteiger partial charge in [-0.2, -0.15) is 9.78 Å². The van der Waals surface area contributed by atoms with Crippen molar-refractivity contribution in [3.63, 3.8) is 0 Å². The number of aromatic nitrogens is 5. The van der Waals surface area contributed by atoms with Crippen molar-refractivity contribution in [2.24, 2.45) is 5.10 Å². The molecule has 0 unspecified atom stereocenters. The molecule has 206 valence electrons. The van der Waals surface area contributed by atoms with Gasteiger partial charge in [0.2, 0.25) is 11.6 Å². The molecule has 1 saturated heterocycles. The topological polar surface area (TPSA) is 176 Å². The molecule has 14 nitrogen and oxygen atoms in total. The van der Waals surface area contributed by atoms with Gasteiger partial charge in [0.15, 0.2) is 17.2 Å². The molecule has 0 spiro atoms. The van der Waals surface area contributed by atoms with Crippen molar-refractivity contribution in [1.82, 2.24) is 35.6 Å². The smallest absolute Gasteiger partial charge is 0.343 e. The Labute approximate surface area is 228 Å². The molecule has 0 aliphatic carbocycles. The molecule has 1 aliphatic rings. The first-order valence-corrected chi connectivity index (χ1v) is 12.6. The molecule has 5 rings (SSSR count). The quantitative estimate of drug-likeness (QED) is 0.136. The number of nitrogens with one attached hydrogen (secondary N) is 1. The summed E-state index contributed by atoms with van der Waals surface area (Å²) < 4.78 is 16.7. The molecular weight excluding hydrogens is 518 g/mol. The van der Waals surface area contributed by atoms with E-state index in [2.05, 4.69) is 40.7 Å². The Bertz CT molecular complexity index is 1510. The largest absolute Gasteiger partial charge is 0.493 e. The van der Waals surface area contributed by atoms with Gasteiger partial charge < -0.3 is 15.2 Å². The number of likely N-dealkylation sites (tertiary alicyclic amines) is 1. The maximum absolute atomic E-state index is 13.3. The number of hydrogen-bond acceptors (Lipinski definition) is 12. The molecule has 2 aromatic carbocycles. The number of anilines is 1. The molecule has 0 bridgehead atoms. The van der Waals surface area contributed by atoms with Crippen LogP contribution in [0.2, 0.25) is 0 Å². The Morgan fingerprint density at radius 1 is 1.10 bits per heavy atom. The average molecular weight is 546 g/mol. The zero-order valence-electron chi connectivity index (χ0n) is 21.7. The summed E-state index contributed by atoms with van der Waals surface area (Å²) in [5.74, 6) is -0.505. The number of nitrogens with zero attached hydrogens (tertiary/aromatic N) is 7. The Kier molecular flexibility index (Phi) is 8.06. The molecule has 2 aromatic heterocycles. The highest BCUT2D eigenvalue weighted by Crippen LogP contribution is 2.28. The number of hydrogen-bond donors (Lipinski definition) is 2. The van der Waals surface area contributed by atoms with E-state index in [0.717, 1.165) is 25.9 Å². The number of rotatable bonds is 9. The van der Waals surface area contributed by atoms with E-state index in [1.165, 1.54) is 24.4 Å². The second-order valence-corrected chi connectivity index (χ2v) is 8.97. The van der Waals surface area contributed by atoms with Gasteiger partial charge in [0.05, 0.1) is 18.9 Å². The van der Waals surface area contributed by atoms with Crippen LogP contribution in [0.25, 0.3) is 5.82 Å². The van der Waals surface area contributed by atoms with Gasteiger partial charge >= 0.3 is 5.97 Å². The summed E-state index contributed by atoms with van der Waals surface area (Å²) >= 11 is 0. The SMILES string of the molecule is COc1cc(C=NNC(=O)c2c(CN3CCCCC3)nnn2-c2nonc2N)ccc1OC(=O)c1ccccc1. The fourth-order valence-corrected chi connectivity index (χ4v) is 4.26. The fraction of sp³-hybridized carbons (Fsp3) is 0.269. The van der Waals surface area contributed by atoms with Gasteiger partial charge in [-0.3, -0.25) is 9.69 Å². The number of methoxy groups -OCH3 is 1. The van der Waals surface area contributed by atoms with Gasteiger partial charge in [0.1, 0.15) is 5.69 Å². The average Bonchev–Trinajstić information content (AvgIpc) is 3.60. The number of nitrogens with two attached hydrogens (primary N) is 1. The first-order valence-electron chi connectivity index (χ1n) is 12.6. The summed E-state index contributed by atoms with van der Waals surface area (Å²) in [7, 11) is 1.46. The van der Waals surface area contributed by atoms with Crippen molar-refractivity contribution in [3.05, 3.63) is 71.0 Å². The number of piperidine rings is 1. The van der Waals surface area contributed by atoms with Crippen LogP contribution in [-0.2, 0) is 6.54 Å². The van der Waals surface area contributed by atoms with Gasteiger partial charge in [-0.25, -0.2) is 14.8 Å². The molecule has 40 heavy (non-hydrogen) atoms. The summed E-state index contributed by atoms with van der Waals surface area (Å²) in [4.78, 5) is 27.9. The predicted octanol–water partition coefficient (Wildman–Crippen LogP) is 2.21. The molecule has 4 aromatic rings. The predicted molar refractivity (Wildman–Crippen MR) is 142 cm³/mol. The van der Waals surface area contributed by atoms with Gasteiger partial charge in [-0.15, -0.1) is 5.10 Å². The van der Waals surface area contributed by atoms with Crippen molar-refractivity contribution in [2.75, 3.05) is 25.9 Å². The zero-order chi connectivity index (χ0) is 27.9. The molecule has 1 aliphatic heterocycles. The number of hydrazone groups is 1. The molecule has 0 atom stereocenters. The normalized spacial score (nSPS) is 13.8. The second kappa shape index (κ2) is 12.2. The zero-order valence-corrected chi connectivity index (χ0v) is 21.7. The van der Waals surface area contributed by atoms with Gasteiger partial charge in [-0.05, 0) is 72.1 Å². The van der Waals surface area contributed by atoms with Crippen LogP contribution in [0, 0.1) is 0 Å². The molecule has 0 radical (unpaired) electrons. The third-order valence-corrected chi connectivity index (χ3v) is 6.25. The van der Waals surface area contributed by atoms with Gasteiger partial charge in [-0.1, -0.05) is 29.8 Å². The monoisotopic (exact) mass is 545 g/mol. The lowest BCUT2D eigenvalue weighted by Crippen LogP contribution is -2.31. The van der Waals surface area contributed by atoms with E-state index in [-0.39, 0.29) is 23.1 Å². The molecule has 3 heterocycles. The highest BCUT2D eigenvalue weighted by molar-refractivity contribution is 5.95. The van der Waals surface area contributed by atoms with E-state index >= 15 is 0 Å². The van der Waals surface area contributed by atoms with Crippen molar-refractivity contribution in [2.45, 2.75) is 25.8 Å². The fourth-order valence-electron chi connectivity index (χ4n) is 4.26. The number of carbonyl (C=O) groups excluding carboxylic acids is 2. The van der Waals surface area contributed by atoms with Crippen LogP contribution < -0.4 is 20.6 Å². The highest BCUT2D eigenvalue weighted by Gasteiger charge is 2.26. The molecule has 0 saturated carbocycles. The molecule has 1 fully saturated rings. The molecular formula is C26H27N9O5. The van der Waals surface area contributed by atoms with E-state index in [0.29, 0.717) is 29.1 Å². The number of ether oxygens (including phenoxy) is 2. The second-order valence-electron chi connectivity index (χ2n) is 8.97. The van der Waals surface area contributed by atoms with Crippen LogP contribution in [0.4, 0.5) is 5.82 Å². The third kappa shape index (κ3) is 5.96. The van der Waals surface area contributed by atoms with E-state index in [9.17, 15) is 9.59 Å². The standard InChI is InChI=1S/C26H27N9O5/c1-38-21-14-17(10-11-20(21)39-26(37)18-8-4-2-5-9-18)15-28-30-25(36)22-19(16-34-12-6-3-7-13-34)29-33-35(22)24-23(27)31-40-32-24/h2,4-5,8-11,14-15H,3,6-7,12-13,16H2,1H3,(H2,27,31)(H,30,36). The Hall–Kier alpha value is -5.11. The first-order chi connectivity index (χ1) is 19.5.